The molecule has 2 unspecified atom stereocenters. The van der Waals surface area contributed by atoms with Crippen molar-refractivity contribution in [1.82, 2.24) is 0 Å². The summed E-state index contributed by atoms with van der Waals surface area (Å²) in [6, 6.07) is 7.67. The lowest BCUT2D eigenvalue weighted by Gasteiger charge is -2.15. The van der Waals surface area contributed by atoms with Gasteiger partial charge >= 0.3 is 0 Å². The largest absolute Gasteiger partial charge is 0.497 e. The minimum absolute atomic E-state index is 0.0488. The van der Waals surface area contributed by atoms with Crippen molar-refractivity contribution in [2.24, 2.45) is 0 Å². The first-order valence-corrected chi connectivity index (χ1v) is 6.14. The Morgan fingerprint density at radius 3 is 2.61 bits per heavy atom. The van der Waals surface area contributed by atoms with Crippen LogP contribution in [0.3, 0.4) is 0 Å². The molecule has 1 aliphatic heterocycles. The number of rotatable bonds is 7. The maximum Gasteiger partial charge on any atom is 0.192 e. The Morgan fingerprint density at radius 1 is 1.44 bits per heavy atom. The summed E-state index contributed by atoms with van der Waals surface area (Å²) in [5.41, 5.74) is 1.06. The molecule has 1 aliphatic rings. The highest BCUT2D eigenvalue weighted by Crippen LogP contribution is 2.18. The van der Waals surface area contributed by atoms with Crippen LogP contribution >= 0.6 is 0 Å². The number of Topliss-reactive ketones (excluding diaryl/α,β-unsaturated/α-hetero) is 1. The first-order chi connectivity index (χ1) is 8.74. The van der Waals surface area contributed by atoms with E-state index in [9.17, 15) is 4.79 Å². The molecule has 4 heteroatoms. The van der Waals surface area contributed by atoms with E-state index in [1.807, 2.05) is 31.2 Å². The minimum Gasteiger partial charge on any atom is -0.497 e. The topological polar surface area (TPSA) is 48.1 Å². The van der Waals surface area contributed by atoms with Crippen molar-refractivity contribution in [1.29, 1.82) is 0 Å². The van der Waals surface area contributed by atoms with Crippen molar-refractivity contribution < 1.29 is 19.0 Å². The monoisotopic (exact) mass is 250 g/mol. The number of methoxy groups -OCH3 is 1. The standard InChI is InChI=1S/C14H18O4/c1-3-17-12(14(15)13-9-18-13)8-10-4-6-11(16-2)7-5-10/h4-7,12-13H,3,8-9H2,1-2H3. The molecule has 0 radical (unpaired) electrons. The highest BCUT2D eigenvalue weighted by atomic mass is 16.6. The van der Waals surface area contributed by atoms with E-state index in [-0.39, 0.29) is 11.9 Å². The van der Waals surface area contributed by atoms with E-state index >= 15 is 0 Å². The second kappa shape index (κ2) is 5.98. The van der Waals surface area contributed by atoms with Gasteiger partial charge in [0.05, 0.1) is 13.7 Å². The molecular formula is C14H18O4. The van der Waals surface area contributed by atoms with Gasteiger partial charge in [0, 0.05) is 13.0 Å². The molecular weight excluding hydrogens is 232 g/mol. The maximum absolute atomic E-state index is 11.9. The van der Waals surface area contributed by atoms with E-state index in [2.05, 4.69) is 0 Å². The smallest absolute Gasteiger partial charge is 0.192 e. The molecule has 1 aromatic rings. The van der Waals surface area contributed by atoms with E-state index in [0.29, 0.717) is 19.6 Å². The predicted octanol–water partition coefficient (Wildman–Crippen LogP) is 1.61. The Hall–Kier alpha value is -1.39. The lowest BCUT2D eigenvalue weighted by atomic mass is 10.0. The summed E-state index contributed by atoms with van der Waals surface area (Å²) in [5, 5.41) is 0. The van der Waals surface area contributed by atoms with Crippen LogP contribution in [0.4, 0.5) is 0 Å². The predicted molar refractivity (Wildman–Crippen MR) is 66.9 cm³/mol. The minimum atomic E-state index is -0.407. The van der Waals surface area contributed by atoms with E-state index in [0.717, 1.165) is 11.3 Å². The van der Waals surface area contributed by atoms with Crippen molar-refractivity contribution >= 4 is 5.78 Å². The van der Waals surface area contributed by atoms with Crippen molar-refractivity contribution in [2.75, 3.05) is 20.3 Å². The zero-order chi connectivity index (χ0) is 13.0. The van der Waals surface area contributed by atoms with Crippen LogP contribution in [-0.2, 0) is 20.7 Å². The molecule has 4 nitrogen and oxygen atoms in total. The van der Waals surface area contributed by atoms with Gasteiger partial charge in [-0.2, -0.15) is 0 Å². The summed E-state index contributed by atoms with van der Waals surface area (Å²) >= 11 is 0. The molecule has 0 aliphatic carbocycles. The summed E-state index contributed by atoms with van der Waals surface area (Å²) < 4.78 is 15.6. The third kappa shape index (κ3) is 3.31. The van der Waals surface area contributed by atoms with E-state index in [4.69, 9.17) is 14.2 Å². The fourth-order valence-electron chi connectivity index (χ4n) is 1.84. The Balaban J connectivity index is 2.00. The fraction of sp³-hybridized carbons (Fsp3) is 0.500. The number of carbonyl (C=O) groups excluding carboxylic acids is 1. The molecule has 1 aromatic carbocycles. The first kappa shape index (κ1) is 13.1. The van der Waals surface area contributed by atoms with Crippen LogP contribution in [0.15, 0.2) is 24.3 Å². The SMILES string of the molecule is CCOC(Cc1ccc(OC)cc1)C(=O)C1CO1. The molecule has 1 saturated heterocycles. The Labute approximate surface area is 107 Å². The van der Waals surface area contributed by atoms with Gasteiger partial charge in [-0.05, 0) is 24.6 Å². The molecule has 1 heterocycles. The normalized spacial score (nSPS) is 19.3. The van der Waals surface area contributed by atoms with Gasteiger partial charge in [-0.3, -0.25) is 4.79 Å². The van der Waals surface area contributed by atoms with E-state index in [1.54, 1.807) is 7.11 Å². The average Bonchev–Trinajstić information content (AvgIpc) is 3.22. The fourth-order valence-corrected chi connectivity index (χ4v) is 1.84. The van der Waals surface area contributed by atoms with Crippen molar-refractivity contribution in [3.8, 4) is 5.75 Å². The number of carbonyl (C=O) groups is 1. The summed E-state index contributed by atoms with van der Waals surface area (Å²) in [7, 11) is 1.63. The summed E-state index contributed by atoms with van der Waals surface area (Å²) in [5.74, 6) is 0.858. The molecule has 0 spiro atoms. The van der Waals surface area contributed by atoms with Crippen LogP contribution < -0.4 is 4.74 Å². The van der Waals surface area contributed by atoms with Gasteiger partial charge in [0.25, 0.3) is 0 Å². The van der Waals surface area contributed by atoms with Gasteiger partial charge in [-0.15, -0.1) is 0 Å². The summed E-state index contributed by atoms with van der Waals surface area (Å²) in [4.78, 5) is 11.9. The molecule has 1 fully saturated rings. The van der Waals surface area contributed by atoms with Crippen LogP contribution in [0.1, 0.15) is 12.5 Å². The summed E-state index contributed by atoms with van der Waals surface area (Å²) in [6.45, 7) is 2.95. The molecule has 0 aromatic heterocycles. The van der Waals surface area contributed by atoms with E-state index in [1.165, 1.54) is 0 Å². The molecule has 0 bridgehead atoms. The quantitative estimate of drug-likeness (QED) is 0.690. The zero-order valence-electron chi connectivity index (χ0n) is 10.7. The van der Waals surface area contributed by atoms with Gasteiger partial charge < -0.3 is 14.2 Å². The van der Waals surface area contributed by atoms with Gasteiger partial charge in [-0.1, -0.05) is 12.1 Å². The molecule has 2 rings (SSSR count). The average molecular weight is 250 g/mol. The summed E-state index contributed by atoms with van der Waals surface area (Å²) in [6.07, 6.45) is -0.0769. The number of epoxide rings is 1. The molecule has 0 saturated carbocycles. The molecule has 0 amide bonds. The number of hydrogen-bond donors (Lipinski definition) is 0. The van der Waals surface area contributed by atoms with Crippen LogP contribution in [0.2, 0.25) is 0 Å². The maximum atomic E-state index is 11.9. The van der Waals surface area contributed by atoms with Gasteiger partial charge in [0.2, 0.25) is 0 Å². The van der Waals surface area contributed by atoms with Gasteiger partial charge in [0.15, 0.2) is 5.78 Å². The van der Waals surface area contributed by atoms with E-state index < -0.39 is 6.10 Å². The van der Waals surface area contributed by atoms with Crippen LogP contribution in [0.25, 0.3) is 0 Å². The number of ether oxygens (including phenoxy) is 3. The Morgan fingerprint density at radius 2 is 2.11 bits per heavy atom. The molecule has 98 valence electrons. The molecule has 0 N–H and O–H groups in total. The third-order valence-corrected chi connectivity index (χ3v) is 2.92. The lowest BCUT2D eigenvalue weighted by Crippen LogP contribution is -2.30. The van der Waals surface area contributed by atoms with Crippen molar-refractivity contribution in [3.05, 3.63) is 29.8 Å². The van der Waals surface area contributed by atoms with Crippen molar-refractivity contribution in [2.45, 2.75) is 25.6 Å². The second-order valence-corrected chi connectivity index (χ2v) is 4.22. The van der Waals surface area contributed by atoms with Crippen molar-refractivity contribution in [3.63, 3.8) is 0 Å². The van der Waals surface area contributed by atoms with Gasteiger partial charge in [-0.25, -0.2) is 0 Å². The lowest BCUT2D eigenvalue weighted by molar-refractivity contribution is -0.131. The molecule has 2 atom stereocenters. The number of ketones is 1. The van der Waals surface area contributed by atoms with Crippen LogP contribution in [0, 0.1) is 0 Å². The number of benzene rings is 1. The van der Waals surface area contributed by atoms with Crippen LogP contribution in [0.5, 0.6) is 5.75 Å². The van der Waals surface area contributed by atoms with Crippen LogP contribution in [-0.4, -0.2) is 38.3 Å². The third-order valence-electron chi connectivity index (χ3n) is 2.92. The zero-order valence-corrected chi connectivity index (χ0v) is 10.7. The number of hydrogen-bond acceptors (Lipinski definition) is 4. The first-order valence-electron chi connectivity index (χ1n) is 6.14. The Bertz CT molecular complexity index is 395. The van der Waals surface area contributed by atoms with Gasteiger partial charge in [0.1, 0.15) is 18.0 Å². The molecule has 18 heavy (non-hydrogen) atoms. The highest BCUT2D eigenvalue weighted by molar-refractivity contribution is 5.89. The highest BCUT2D eigenvalue weighted by Gasteiger charge is 2.36. The second-order valence-electron chi connectivity index (χ2n) is 4.22. The Kier molecular flexibility index (Phi) is 4.33.